The van der Waals surface area contributed by atoms with Crippen LogP contribution in [0.25, 0.3) is 0 Å². The van der Waals surface area contributed by atoms with E-state index in [0.29, 0.717) is 11.3 Å². The number of rotatable bonds is 2. The Kier molecular flexibility index (Phi) is 3.42. The summed E-state index contributed by atoms with van der Waals surface area (Å²) in [6, 6.07) is 9.76. The zero-order chi connectivity index (χ0) is 15.9. The summed E-state index contributed by atoms with van der Waals surface area (Å²) in [5.41, 5.74) is 7.05. The number of carbonyl (C=O) groups excluding carboxylic acids is 3. The molecule has 0 saturated heterocycles. The van der Waals surface area contributed by atoms with Crippen LogP contribution in [-0.4, -0.2) is 17.7 Å². The molecule has 0 saturated carbocycles. The molecule has 0 aromatic heterocycles. The van der Waals surface area contributed by atoms with Crippen molar-refractivity contribution in [2.24, 2.45) is 0 Å². The summed E-state index contributed by atoms with van der Waals surface area (Å²) in [4.78, 5) is 35.4. The van der Waals surface area contributed by atoms with Crippen LogP contribution in [0.1, 0.15) is 31.1 Å². The Labute approximate surface area is 133 Å². The summed E-state index contributed by atoms with van der Waals surface area (Å²) in [6.45, 7) is 0. The standard InChI is InChI=1S/C15H10BrN3O3/c16-8-3-1-2-7(4-8)13(20)18-9-5-10-12(11(17)6-9)15(22)19-14(10)21/h1-6H,17H2,(H,18,20)(H,19,21,22). The Bertz CT molecular complexity index is 833. The first kappa shape index (κ1) is 14.3. The average molecular weight is 360 g/mol. The summed E-state index contributed by atoms with van der Waals surface area (Å²) in [5.74, 6) is -1.39. The summed E-state index contributed by atoms with van der Waals surface area (Å²) < 4.78 is 0.776. The van der Waals surface area contributed by atoms with Crippen LogP contribution in [0.15, 0.2) is 40.9 Å². The molecule has 3 amide bonds. The van der Waals surface area contributed by atoms with Crippen LogP contribution >= 0.6 is 15.9 Å². The fourth-order valence-electron chi connectivity index (χ4n) is 2.24. The van der Waals surface area contributed by atoms with Crippen molar-refractivity contribution >= 4 is 45.0 Å². The van der Waals surface area contributed by atoms with E-state index in [1.54, 1.807) is 24.3 Å². The molecular formula is C15H10BrN3O3. The maximum absolute atomic E-state index is 12.2. The molecule has 1 heterocycles. The molecule has 0 aliphatic carbocycles. The van der Waals surface area contributed by atoms with Crippen molar-refractivity contribution in [2.45, 2.75) is 0 Å². The summed E-state index contributed by atoms with van der Waals surface area (Å²) >= 11 is 3.29. The van der Waals surface area contributed by atoms with E-state index in [4.69, 9.17) is 5.73 Å². The summed E-state index contributed by atoms with van der Waals surface area (Å²) in [6.07, 6.45) is 0. The van der Waals surface area contributed by atoms with Crippen LogP contribution in [0, 0.1) is 0 Å². The molecule has 22 heavy (non-hydrogen) atoms. The van der Waals surface area contributed by atoms with Crippen LogP contribution in [0.4, 0.5) is 11.4 Å². The van der Waals surface area contributed by atoms with E-state index in [1.807, 2.05) is 0 Å². The van der Waals surface area contributed by atoms with Gasteiger partial charge in [-0.1, -0.05) is 22.0 Å². The Balaban J connectivity index is 1.93. The number of imide groups is 1. The molecule has 3 rings (SSSR count). The first-order valence-corrected chi connectivity index (χ1v) is 7.11. The normalized spacial score (nSPS) is 12.8. The van der Waals surface area contributed by atoms with Gasteiger partial charge in [0.25, 0.3) is 17.7 Å². The van der Waals surface area contributed by atoms with Gasteiger partial charge in [0.1, 0.15) is 0 Å². The lowest BCUT2D eigenvalue weighted by atomic mass is 10.1. The van der Waals surface area contributed by atoms with Crippen molar-refractivity contribution < 1.29 is 14.4 Å². The van der Waals surface area contributed by atoms with Crippen molar-refractivity contribution in [1.82, 2.24) is 5.32 Å². The summed E-state index contributed by atoms with van der Waals surface area (Å²) in [5, 5.41) is 4.83. The van der Waals surface area contributed by atoms with Crippen LogP contribution in [-0.2, 0) is 0 Å². The molecule has 7 heteroatoms. The lowest BCUT2D eigenvalue weighted by Crippen LogP contribution is -2.20. The maximum Gasteiger partial charge on any atom is 0.261 e. The van der Waals surface area contributed by atoms with Gasteiger partial charge in [-0.3, -0.25) is 19.7 Å². The monoisotopic (exact) mass is 359 g/mol. The van der Waals surface area contributed by atoms with Gasteiger partial charge in [0.2, 0.25) is 0 Å². The highest BCUT2D eigenvalue weighted by atomic mass is 79.9. The maximum atomic E-state index is 12.2. The Hall–Kier alpha value is -2.67. The smallest absolute Gasteiger partial charge is 0.261 e. The fourth-order valence-corrected chi connectivity index (χ4v) is 2.63. The van der Waals surface area contributed by atoms with Gasteiger partial charge in [-0.15, -0.1) is 0 Å². The number of benzene rings is 2. The van der Waals surface area contributed by atoms with Gasteiger partial charge in [-0.2, -0.15) is 0 Å². The third-order valence-electron chi connectivity index (χ3n) is 3.21. The van der Waals surface area contributed by atoms with Crippen molar-refractivity contribution in [3.8, 4) is 0 Å². The van der Waals surface area contributed by atoms with E-state index in [9.17, 15) is 14.4 Å². The number of nitrogens with one attached hydrogen (secondary N) is 2. The second-order valence-corrected chi connectivity index (χ2v) is 5.65. The zero-order valence-corrected chi connectivity index (χ0v) is 12.7. The molecule has 2 aromatic rings. The molecule has 4 N–H and O–H groups in total. The molecule has 6 nitrogen and oxygen atoms in total. The molecule has 110 valence electrons. The number of halogens is 1. The van der Waals surface area contributed by atoms with Crippen LogP contribution in [0.5, 0.6) is 0 Å². The molecule has 0 bridgehead atoms. The highest BCUT2D eigenvalue weighted by molar-refractivity contribution is 9.10. The Morgan fingerprint density at radius 3 is 2.64 bits per heavy atom. The van der Waals surface area contributed by atoms with E-state index >= 15 is 0 Å². The third-order valence-corrected chi connectivity index (χ3v) is 3.71. The molecule has 2 aromatic carbocycles. The molecule has 0 fully saturated rings. The second kappa shape index (κ2) is 5.27. The van der Waals surface area contributed by atoms with Crippen molar-refractivity contribution in [3.05, 3.63) is 57.6 Å². The number of fused-ring (bicyclic) bond motifs is 1. The minimum Gasteiger partial charge on any atom is -0.398 e. The van der Waals surface area contributed by atoms with E-state index in [1.165, 1.54) is 12.1 Å². The Morgan fingerprint density at radius 1 is 1.14 bits per heavy atom. The number of hydrogen-bond acceptors (Lipinski definition) is 4. The van der Waals surface area contributed by atoms with Crippen molar-refractivity contribution in [1.29, 1.82) is 0 Å². The minimum absolute atomic E-state index is 0.144. The number of nitrogens with two attached hydrogens (primary N) is 1. The minimum atomic E-state index is -0.526. The summed E-state index contributed by atoms with van der Waals surface area (Å²) in [7, 11) is 0. The average Bonchev–Trinajstić information content (AvgIpc) is 2.74. The van der Waals surface area contributed by atoms with Gasteiger partial charge >= 0.3 is 0 Å². The van der Waals surface area contributed by atoms with E-state index in [-0.39, 0.29) is 22.7 Å². The molecule has 1 aliphatic heterocycles. The van der Waals surface area contributed by atoms with Gasteiger partial charge in [-0.05, 0) is 30.3 Å². The van der Waals surface area contributed by atoms with Gasteiger partial charge in [0.15, 0.2) is 0 Å². The number of anilines is 2. The van der Waals surface area contributed by atoms with Crippen molar-refractivity contribution in [2.75, 3.05) is 11.1 Å². The molecule has 0 radical (unpaired) electrons. The first-order valence-electron chi connectivity index (χ1n) is 6.32. The molecule has 0 spiro atoms. The predicted octanol–water partition coefficient (Wildman–Crippen LogP) is 2.17. The molecule has 0 unspecified atom stereocenters. The number of carbonyl (C=O) groups is 3. The highest BCUT2D eigenvalue weighted by Gasteiger charge is 2.29. The van der Waals surface area contributed by atoms with Crippen LogP contribution < -0.4 is 16.4 Å². The number of amides is 3. The molecule has 1 aliphatic rings. The quantitative estimate of drug-likeness (QED) is 0.564. The topological polar surface area (TPSA) is 101 Å². The largest absolute Gasteiger partial charge is 0.398 e. The van der Waals surface area contributed by atoms with Crippen molar-refractivity contribution in [3.63, 3.8) is 0 Å². The zero-order valence-electron chi connectivity index (χ0n) is 11.1. The van der Waals surface area contributed by atoms with Gasteiger partial charge in [0.05, 0.1) is 11.1 Å². The number of nitrogen functional groups attached to an aromatic ring is 1. The Morgan fingerprint density at radius 2 is 1.91 bits per heavy atom. The fraction of sp³-hybridized carbons (Fsp3) is 0. The van der Waals surface area contributed by atoms with Gasteiger partial charge in [0, 0.05) is 21.4 Å². The predicted molar refractivity (Wildman–Crippen MR) is 84.7 cm³/mol. The van der Waals surface area contributed by atoms with Crippen LogP contribution in [0.2, 0.25) is 0 Å². The van der Waals surface area contributed by atoms with Gasteiger partial charge in [-0.25, -0.2) is 0 Å². The van der Waals surface area contributed by atoms with Crippen LogP contribution in [0.3, 0.4) is 0 Å². The third kappa shape index (κ3) is 2.46. The van der Waals surface area contributed by atoms with Gasteiger partial charge < -0.3 is 11.1 Å². The van der Waals surface area contributed by atoms with E-state index in [2.05, 4.69) is 26.6 Å². The molecule has 0 atom stereocenters. The first-order chi connectivity index (χ1) is 10.5. The lowest BCUT2D eigenvalue weighted by molar-refractivity contribution is 0.0879. The van der Waals surface area contributed by atoms with E-state index < -0.39 is 11.8 Å². The highest BCUT2D eigenvalue weighted by Crippen LogP contribution is 2.27. The second-order valence-electron chi connectivity index (χ2n) is 4.74. The SMILES string of the molecule is Nc1cc(NC(=O)c2cccc(Br)c2)cc2c1C(=O)NC2=O. The van der Waals surface area contributed by atoms with E-state index in [0.717, 1.165) is 4.47 Å². The lowest BCUT2D eigenvalue weighted by Gasteiger charge is -2.08. The number of hydrogen-bond donors (Lipinski definition) is 3. The molecular weight excluding hydrogens is 350 g/mol.